The maximum absolute atomic E-state index is 11.0. The Morgan fingerprint density at radius 3 is 1.08 bits per heavy atom. The molecule has 216 valence electrons. The summed E-state index contributed by atoms with van der Waals surface area (Å²) in [5.74, 6) is 2.24. The molecular weight excluding hydrogens is 508 g/mol. The van der Waals surface area contributed by atoms with Gasteiger partial charge in [0.05, 0.1) is 9.79 Å². The quantitative estimate of drug-likeness (QED) is 0.0753. The first-order chi connectivity index (χ1) is 18.7. The number of phenolic OH excluding ortho intramolecular Hbond substituents is 2. The third kappa shape index (κ3) is 12.8. The van der Waals surface area contributed by atoms with E-state index in [1.54, 1.807) is 35.9 Å². The van der Waals surface area contributed by atoms with Gasteiger partial charge in [0.25, 0.3) is 0 Å². The lowest BCUT2D eigenvalue weighted by atomic mass is 10.1. The maximum atomic E-state index is 11.0. The molecule has 0 aliphatic heterocycles. The predicted octanol–water partition coefficient (Wildman–Crippen LogP) is 11.1. The SMILES string of the molecule is CCCCCCCCCCCCSc1c(SCCCCCCCCCCCC)c(O)c2nccnc2c1O. The van der Waals surface area contributed by atoms with Gasteiger partial charge in [-0.3, -0.25) is 0 Å². The Morgan fingerprint density at radius 2 is 0.763 bits per heavy atom. The van der Waals surface area contributed by atoms with Crippen molar-refractivity contribution in [3.63, 3.8) is 0 Å². The van der Waals surface area contributed by atoms with Gasteiger partial charge in [-0.2, -0.15) is 0 Å². The van der Waals surface area contributed by atoms with Crippen LogP contribution in [0, 0.1) is 0 Å². The first-order valence-electron chi connectivity index (χ1n) is 15.6. The molecule has 0 amide bonds. The van der Waals surface area contributed by atoms with Crippen LogP contribution in [0.1, 0.15) is 142 Å². The summed E-state index contributed by atoms with van der Waals surface area (Å²) in [6, 6.07) is 0. The first kappa shape index (κ1) is 33.1. The second-order valence-electron chi connectivity index (χ2n) is 10.7. The Morgan fingerprint density at radius 1 is 0.474 bits per heavy atom. The Kier molecular flexibility index (Phi) is 18.8. The molecule has 1 aromatic carbocycles. The molecule has 0 spiro atoms. The minimum atomic E-state index is 0.175. The molecule has 0 aliphatic carbocycles. The average Bonchev–Trinajstić information content (AvgIpc) is 2.94. The number of hydrogen-bond donors (Lipinski definition) is 2. The number of rotatable bonds is 24. The molecule has 1 aromatic heterocycles. The number of hydrogen-bond acceptors (Lipinski definition) is 6. The van der Waals surface area contributed by atoms with Crippen LogP contribution >= 0.6 is 23.5 Å². The van der Waals surface area contributed by atoms with Gasteiger partial charge in [0, 0.05) is 12.4 Å². The van der Waals surface area contributed by atoms with Crippen molar-refractivity contribution >= 4 is 34.6 Å². The van der Waals surface area contributed by atoms with E-state index < -0.39 is 0 Å². The fourth-order valence-electron chi connectivity index (χ4n) is 4.91. The van der Waals surface area contributed by atoms with Crippen LogP contribution in [0.25, 0.3) is 11.0 Å². The van der Waals surface area contributed by atoms with Crippen molar-refractivity contribution < 1.29 is 10.2 Å². The highest BCUT2D eigenvalue weighted by atomic mass is 32.2. The summed E-state index contributed by atoms with van der Waals surface area (Å²) in [6.07, 6.45) is 29.5. The third-order valence-electron chi connectivity index (χ3n) is 7.27. The van der Waals surface area contributed by atoms with Crippen LogP contribution < -0.4 is 0 Å². The van der Waals surface area contributed by atoms with Crippen LogP contribution in [0.5, 0.6) is 11.5 Å². The van der Waals surface area contributed by atoms with E-state index in [1.165, 1.54) is 116 Å². The number of fused-ring (bicyclic) bond motifs is 1. The van der Waals surface area contributed by atoms with Gasteiger partial charge in [-0.15, -0.1) is 23.5 Å². The number of aromatic nitrogens is 2. The topological polar surface area (TPSA) is 66.2 Å². The van der Waals surface area contributed by atoms with Crippen LogP contribution in [0.3, 0.4) is 0 Å². The summed E-state index contributed by atoms with van der Waals surface area (Å²) in [5.41, 5.74) is 0.803. The van der Waals surface area contributed by atoms with Crippen molar-refractivity contribution in [1.82, 2.24) is 9.97 Å². The number of thioether (sulfide) groups is 2. The number of unbranched alkanes of at least 4 members (excludes halogenated alkanes) is 18. The van der Waals surface area contributed by atoms with Gasteiger partial charge < -0.3 is 10.2 Å². The summed E-state index contributed by atoms with van der Waals surface area (Å²) >= 11 is 3.33. The lowest BCUT2D eigenvalue weighted by molar-refractivity contribution is 0.443. The molecule has 0 radical (unpaired) electrons. The van der Waals surface area contributed by atoms with Gasteiger partial charge >= 0.3 is 0 Å². The van der Waals surface area contributed by atoms with E-state index in [0.29, 0.717) is 11.0 Å². The molecule has 0 saturated heterocycles. The highest BCUT2D eigenvalue weighted by Crippen LogP contribution is 2.48. The van der Waals surface area contributed by atoms with Gasteiger partial charge in [-0.1, -0.05) is 129 Å². The molecule has 4 nitrogen and oxygen atoms in total. The minimum Gasteiger partial charge on any atom is -0.504 e. The summed E-state index contributed by atoms with van der Waals surface area (Å²) in [5, 5.41) is 22.1. The minimum absolute atomic E-state index is 0.175. The molecular formula is C32H54N2O2S2. The molecule has 0 saturated carbocycles. The first-order valence-corrected chi connectivity index (χ1v) is 17.6. The van der Waals surface area contributed by atoms with Crippen molar-refractivity contribution in [2.45, 2.75) is 152 Å². The molecule has 0 fully saturated rings. The Bertz CT molecular complexity index is 808. The van der Waals surface area contributed by atoms with Crippen molar-refractivity contribution in [2.24, 2.45) is 0 Å². The van der Waals surface area contributed by atoms with Crippen LogP contribution in [-0.2, 0) is 0 Å². The van der Waals surface area contributed by atoms with E-state index in [1.807, 2.05) is 0 Å². The van der Waals surface area contributed by atoms with Gasteiger partial charge in [-0.05, 0) is 24.3 Å². The maximum Gasteiger partial charge on any atom is 0.158 e. The van der Waals surface area contributed by atoms with E-state index >= 15 is 0 Å². The van der Waals surface area contributed by atoms with Crippen molar-refractivity contribution in [2.75, 3.05) is 11.5 Å². The lowest BCUT2D eigenvalue weighted by Gasteiger charge is -2.15. The summed E-state index contributed by atoms with van der Waals surface area (Å²) in [7, 11) is 0. The molecule has 0 unspecified atom stereocenters. The monoisotopic (exact) mass is 562 g/mol. The van der Waals surface area contributed by atoms with Crippen molar-refractivity contribution in [1.29, 1.82) is 0 Å². The largest absolute Gasteiger partial charge is 0.504 e. The fraction of sp³-hybridized carbons (Fsp3) is 0.750. The smallest absolute Gasteiger partial charge is 0.158 e. The third-order valence-corrected chi connectivity index (χ3v) is 9.76. The van der Waals surface area contributed by atoms with Crippen molar-refractivity contribution in [3.05, 3.63) is 12.4 Å². The zero-order valence-corrected chi connectivity index (χ0v) is 25.9. The van der Waals surface area contributed by atoms with E-state index in [2.05, 4.69) is 23.8 Å². The molecule has 2 N–H and O–H groups in total. The molecule has 1 heterocycles. The highest BCUT2D eigenvalue weighted by Gasteiger charge is 2.21. The van der Waals surface area contributed by atoms with Crippen LogP contribution in [0.4, 0.5) is 0 Å². The number of aromatic hydroxyl groups is 2. The number of nitrogens with zero attached hydrogens (tertiary/aromatic N) is 2. The zero-order valence-electron chi connectivity index (χ0n) is 24.3. The molecule has 0 atom stereocenters. The summed E-state index contributed by atoms with van der Waals surface area (Å²) < 4.78 is 0. The average molecular weight is 563 g/mol. The Labute approximate surface area is 241 Å². The predicted molar refractivity (Wildman–Crippen MR) is 168 cm³/mol. The van der Waals surface area contributed by atoms with E-state index in [0.717, 1.165) is 34.1 Å². The molecule has 2 rings (SSSR count). The molecule has 0 aliphatic rings. The second-order valence-corrected chi connectivity index (χ2v) is 12.9. The van der Waals surface area contributed by atoms with Crippen LogP contribution in [-0.4, -0.2) is 31.7 Å². The molecule has 2 aromatic rings. The molecule has 6 heteroatoms. The molecule has 0 bridgehead atoms. The normalized spacial score (nSPS) is 11.5. The van der Waals surface area contributed by atoms with Crippen LogP contribution in [0.2, 0.25) is 0 Å². The fourth-order valence-corrected chi connectivity index (χ4v) is 7.29. The van der Waals surface area contributed by atoms with E-state index in [4.69, 9.17) is 0 Å². The standard InChI is InChI=1S/C32H54N2O2S2/c1-3-5-7-9-11-13-15-17-19-21-25-37-31-29(35)27-28(34-24-23-33-27)30(36)32(31)38-26-22-20-18-16-14-12-10-8-6-4-2/h23-24,35-36H,3-22,25-26H2,1-2H3. The van der Waals surface area contributed by atoms with E-state index in [9.17, 15) is 10.2 Å². The molecule has 38 heavy (non-hydrogen) atoms. The second kappa shape index (κ2) is 21.7. The van der Waals surface area contributed by atoms with Crippen LogP contribution in [0.15, 0.2) is 22.2 Å². The lowest BCUT2D eigenvalue weighted by Crippen LogP contribution is -1.93. The highest BCUT2D eigenvalue weighted by molar-refractivity contribution is 8.02. The van der Waals surface area contributed by atoms with Crippen molar-refractivity contribution in [3.8, 4) is 11.5 Å². The van der Waals surface area contributed by atoms with Gasteiger partial charge in [0.2, 0.25) is 0 Å². The van der Waals surface area contributed by atoms with E-state index in [-0.39, 0.29) is 11.5 Å². The van der Waals surface area contributed by atoms with Gasteiger partial charge in [-0.25, -0.2) is 9.97 Å². The Hall–Kier alpha value is -1.14. The zero-order chi connectivity index (χ0) is 27.3. The Balaban J connectivity index is 1.77. The summed E-state index contributed by atoms with van der Waals surface area (Å²) in [6.45, 7) is 4.54. The number of benzene rings is 1. The van der Waals surface area contributed by atoms with Gasteiger partial charge in [0.15, 0.2) is 11.5 Å². The van der Waals surface area contributed by atoms with Gasteiger partial charge in [0.1, 0.15) is 11.0 Å². The summed E-state index contributed by atoms with van der Waals surface area (Å²) in [4.78, 5) is 10.2. The number of phenols is 2.